The van der Waals surface area contributed by atoms with Crippen LogP contribution < -0.4 is 11.1 Å². The largest absolute Gasteiger partial charge is 0.433 e. The molecule has 3 heterocycles. The van der Waals surface area contributed by atoms with Crippen molar-refractivity contribution >= 4 is 34.2 Å². The average Bonchev–Trinajstić information content (AvgIpc) is 2.67. The van der Waals surface area contributed by atoms with Crippen molar-refractivity contribution in [1.82, 2.24) is 14.9 Å². The van der Waals surface area contributed by atoms with Gasteiger partial charge in [-0.3, -0.25) is 4.98 Å². The maximum absolute atomic E-state index is 13.3. The molecule has 31 heavy (non-hydrogen) atoms. The first kappa shape index (κ1) is 21.1. The third kappa shape index (κ3) is 4.07. The fourth-order valence-electron chi connectivity index (χ4n) is 3.65. The van der Waals surface area contributed by atoms with Crippen LogP contribution in [0.1, 0.15) is 11.4 Å². The van der Waals surface area contributed by atoms with Gasteiger partial charge >= 0.3 is 12.2 Å². The number of fused-ring (bicyclic) bond motifs is 1. The minimum Gasteiger partial charge on any atom is -0.383 e. The Morgan fingerprint density at radius 3 is 2.58 bits per heavy atom. The summed E-state index contributed by atoms with van der Waals surface area (Å²) in [5.41, 5.74) is 4.32. The number of aromatic nitrogens is 2. The number of primary amides is 1. The van der Waals surface area contributed by atoms with Crippen LogP contribution in [0.25, 0.3) is 10.9 Å². The minimum absolute atomic E-state index is 0.123. The predicted octanol–water partition coefficient (Wildman–Crippen LogP) is 4.19. The summed E-state index contributed by atoms with van der Waals surface area (Å²) < 4.78 is 53.4. The van der Waals surface area contributed by atoms with Crippen LogP contribution >= 0.6 is 11.6 Å². The third-order valence-corrected chi connectivity index (χ3v) is 5.48. The van der Waals surface area contributed by atoms with Crippen LogP contribution in [0.4, 0.5) is 28.0 Å². The minimum atomic E-state index is -4.64. The van der Waals surface area contributed by atoms with Crippen molar-refractivity contribution < 1.29 is 22.4 Å². The normalized spacial score (nSPS) is 15.6. The van der Waals surface area contributed by atoms with Gasteiger partial charge in [0, 0.05) is 35.7 Å². The van der Waals surface area contributed by atoms with Crippen molar-refractivity contribution in [2.75, 3.05) is 25.0 Å². The molecule has 6 nitrogen and oxygen atoms in total. The summed E-state index contributed by atoms with van der Waals surface area (Å²) >= 11 is 6.03. The first-order valence-corrected chi connectivity index (χ1v) is 9.53. The molecule has 1 aromatic carbocycles. The maximum atomic E-state index is 13.3. The van der Waals surface area contributed by atoms with Crippen LogP contribution in [-0.2, 0) is 11.6 Å². The highest BCUT2D eigenvalue weighted by Crippen LogP contribution is 2.37. The Morgan fingerprint density at radius 1 is 1.23 bits per heavy atom. The highest BCUT2D eigenvalue weighted by molar-refractivity contribution is 6.31. The van der Waals surface area contributed by atoms with Crippen molar-refractivity contribution in [3.8, 4) is 0 Å². The number of nitrogens with two attached hydrogens (primary N) is 1. The lowest BCUT2D eigenvalue weighted by Crippen LogP contribution is -2.65. The van der Waals surface area contributed by atoms with E-state index in [1.54, 1.807) is 0 Å². The van der Waals surface area contributed by atoms with Gasteiger partial charge < -0.3 is 16.0 Å². The van der Waals surface area contributed by atoms with Gasteiger partial charge in [0.25, 0.3) is 0 Å². The van der Waals surface area contributed by atoms with Crippen molar-refractivity contribution in [1.29, 1.82) is 0 Å². The van der Waals surface area contributed by atoms with E-state index in [9.17, 15) is 22.4 Å². The Hall–Kier alpha value is -3.14. The van der Waals surface area contributed by atoms with Crippen molar-refractivity contribution in [2.45, 2.75) is 11.6 Å². The molecule has 0 atom stereocenters. The number of hydrogen-bond acceptors (Lipinski definition) is 4. The average molecular weight is 454 g/mol. The first-order valence-electron chi connectivity index (χ1n) is 9.15. The van der Waals surface area contributed by atoms with Gasteiger partial charge in [-0.25, -0.2) is 14.2 Å². The number of benzene rings is 1. The number of carbonyl (C=O) groups excluding carboxylic acids is 1. The van der Waals surface area contributed by atoms with Crippen LogP contribution in [0.5, 0.6) is 0 Å². The van der Waals surface area contributed by atoms with Gasteiger partial charge in [0.05, 0.1) is 22.8 Å². The van der Waals surface area contributed by atoms with E-state index >= 15 is 0 Å². The van der Waals surface area contributed by atoms with Crippen LogP contribution in [0.15, 0.2) is 42.6 Å². The Kier molecular flexibility index (Phi) is 5.12. The van der Waals surface area contributed by atoms with E-state index in [1.807, 2.05) is 0 Å². The molecule has 1 aliphatic heterocycles. The van der Waals surface area contributed by atoms with Crippen LogP contribution in [0.2, 0.25) is 5.02 Å². The van der Waals surface area contributed by atoms with E-state index in [0.717, 1.165) is 12.3 Å². The van der Waals surface area contributed by atoms with Gasteiger partial charge in [0.15, 0.2) is 0 Å². The van der Waals surface area contributed by atoms with Gasteiger partial charge in [-0.2, -0.15) is 13.2 Å². The molecule has 3 aromatic rings. The van der Waals surface area contributed by atoms with Gasteiger partial charge in [-0.15, -0.1) is 0 Å². The Balaban J connectivity index is 1.71. The van der Waals surface area contributed by atoms with E-state index in [4.69, 9.17) is 17.3 Å². The molecule has 0 unspecified atom stereocenters. The molecule has 3 N–H and O–H groups in total. The summed E-state index contributed by atoms with van der Waals surface area (Å²) in [5.74, 6) is -0.525. The van der Waals surface area contributed by atoms with E-state index < -0.39 is 29.1 Å². The van der Waals surface area contributed by atoms with Gasteiger partial charge in [-0.1, -0.05) is 11.6 Å². The summed E-state index contributed by atoms with van der Waals surface area (Å²) in [6, 6.07) is 7.40. The third-order valence-electron chi connectivity index (χ3n) is 5.25. The Morgan fingerprint density at radius 2 is 1.97 bits per heavy atom. The van der Waals surface area contributed by atoms with E-state index in [1.165, 1.54) is 35.2 Å². The predicted molar refractivity (Wildman–Crippen MR) is 107 cm³/mol. The van der Waals surface area contributed by atoms with Crippen LogP contribution in [0.3, 0.4) is 0 Å². The SMILES string of the molecule is NC(=O)N1CC(CNc2cc(C(F)(F)F)nc3ccc(Cl)cc23)(c2ccc(F)cn2)C1. The number of pyridine rings is 2. The smallest absolute Gasteiger partial charge is 0.383 e. The summed E-state index contributed by atoms with van der Waals surface area (Å²) in [4.78, 5) is 20.7. The quantitative estimate of drug-likeness (QED) is 0.580. The zero-order chi connectivity index (χ0) is 22.4. The summed E-state index contributed by atoms with van der Waals surface area (Å²) in [5, 5.41) is 3.79. The lowest BCUT2D eigenvalue weighted by Gasteiger charge is -2.49. The molecular weight excluding hydrogens is 438 g/mol. The molecule has 4 rings (SSSR count). The van der Waals surface area contributed by atoms with Crippen LogP contribution in [0, 0.1) is 5.82 Å². The van der Waals surface area contributed by atoms with Gasteiger partial charge in [0.2, 0.25) is 0 Å². The zero-order valence-electron chi connectivity index (χ0n) is 15.9. The number of halogens is 5. The lowest BCUT2D eigenvalue weighted by atomic mass is 9.76. The molecule has 1 fully saturated rings. The molecule has 0 bridgehead atoms. The Labute approximate surface area is 179 Å². The van der Waals surface area contributed by atoms with Crippen LogP contribution in [-0.4, -0.2) is 40.5 Å². The van der Waals surface area contributed by atoms with E-state index in [-0.39, 0.29) is 30.8 Å². The molecule has 0 spiro atoms. The molecule has 162 valence electrons. The second-order valence-electron chi connectivity index (χ2n) is 7.40. The molecule has 1 saturated heterocycles. The number of urea groups is 1. The molecule has 2 amide bonds. The first-order chi connectivity index (χ1) is 14.6. The maximum Gasteiger partial charge on any atom is 0.433 e. The second-order valence-corrected chi connectivity index (χ2v) is 7.84. The molecular formula is C20H16ClF4N5O. The summed E-state index contributed by atoms with van der Waals surface area (Å²) in [6.07, 6.45) is -3.59. The molecule has 11 heteroatoms. The number of hydrogen-bond donors (Lipinski definition) is 2. The number of rotatable bonds is 4. The fraction of sp³-hybridized carbons (Fsp3) is 0.250. The summed E-state index contributed by atoms with van der Waals surface area (Å²) in [6.45, 7) is 0.492. The second kappa shape index (κ2) is 7.52. The molecule has 1 aliphatic rings. The number of likely N-dealkylation sites (tertiary alicyclic amines) is 1. The van der Waals surface area contributed by atoms with Crippen molar-refractivity contribution in [3.05, 3.63) is 64.8 Å². The van der Waals surface area contributed by atoms with E-state index in [0.29, 0.717) is 16.1 Å². The van der Waals surface area contributed by atoms with Crippen molar-refractivity contribution in [3.63, 3.8) is 0 Å². The zero-order valence-corrected chi connectivity index (χ0v) is 16.6. The number of carbonyl (C=O) groups is 1. The topological polar surface area (TPSA) is 84.1 Å². The molecule has 2 aromatic heterocycles. The summed E-state index contributed by atoms with van der Waals surface area (Å²) in [7, 11) is 0. The van der Waals surface area contributed by atoms with E-state index in [2.05, 4.69) is 15.3 Å². The monoisotopic (exact) mass is 453 g/mol. The number of amides is 2. The van der Waals surface area contributed by atoms with Gasteiger partial charge in [0.1, 0.15) is 11.5 Å². The highest BCUT2D eigenvalue weighted by atomic mass is 35.5. The standard InChI is InChI=1S/C20H16ClF4N5O/c21-11-1-3-14-13(5-11)15(6-17(29-14)20(23,24)25)28-8-19(9-30(10-19)18(26)31)16-4-2-12(22)7-27-16/h1-7H,8-10H2,(H2,26,31)(H,28,29). The highest BCUT2D eigenvalue weighted by Gasteiger charge is 2.47. The fourth-order valence-corrected chi connectivity index (χ4v) is 3.82. The molecule has 0 saturated carbocycles. The molecule has 0 aliphatic carbocycles. The Bertz CT molecular complexity index is 1150. The number of alkyl halides is 3. The number of anilines is 1. The van der Waals surface area contributed by atoms with Gasteiger partial charge in [-0.05, 0) is 36.4 Å². The lowest BCUT2D eigenvalue weighted by molar-refractivity contribution is -0.140. The van der Waals surface area contributed by atoms with Crippen molar-refractivity contribution in [2.24, 2.45) is 5.73 Å². The molecule has 0 radical (unpaired) electrons. The number of nitrogens with one attached hydrogen (secondary N) is 1. The number of nitrogens with zero attached hydrogens (tertiary/aromatic N) is 3.